The van der Waals surface area contributed by atoms with E-state index in [1.165, 1.54) is 10.6 Å². The average molecular weight is 314 g/mol. The summed E-state index contributed by atoms with van der Waals surface area (Å²) in [7, 11) is 0. The van der Waals surface area contributed by atoms with E-state index in [0.29, 0.717) is 5.92 Å². The predicted molar refractivity (Wildman–Crippen MR) is 86.9 cm³/mol. The molecular weight excluding hydrogens is 296 g/mol. The monoisotopic (exact) mass is 314 g/mol. The summed E-state index contributed by atoms with van der Waals surface area (Å²) in [5.74, 6) is 0.427. The zero-order valence-electron chi connectivity index (χ0n) is 13.0. The zero-order valence-corrected chi connectivity index (χ0v) is 13.8. The summed E-state index contributed by atoms with van der Waals surface area (Å²) in [5.41, 5.74) is 4.23. The molecule has 1 saturated heterocycles. The van der Waals surface area contributed by atoms with Crippen LogP contribution >= 0.6 is 11.3 Å². The molecule has 114 valence electrons. The molecule has 6 heteroatoms. The van der Waals surface area contributed by atoms with Crippen LogP contribution in [0.25, 0.3) is 16.0 Å². The van der Waals surface area contributed by atoms with E-state index in [1.54, 1.807) is 11.3 Å². The maximum absolute atomic E-state index is 5.51. The number of ether oxygens (including phenoxy) is 1. The fourth-order valence-corrected chi connectivity index (χ4v) is 3.98. The Morgan fingerprint density at radius 2 is 2.18 bits per heavy atom. The second-order valence-corrected chi connectivity index (χ2v) is 7.02. The molecule has 0 aliphatic carbocycles. The van der Waals surface area contributed by atoms with Gasteiger partial charge in [0.2, 0.25) is 5.13 Å². The first kappa shape index (κ1) is 13.8. The van der Waals surface area contributed by atoms with Gasteiger partial charge in [0.1, 0.15) is 0 Å². The highest BCUT2D eigenvalue weighted by molar-refractivity contribution is 7.14. The molecular formula is C16H18N4OS. The van der Waals surface area contributed by atoms with Crippen LogP contribution in [0.15, 0.2) is 12.3 Å². The van der Waals surface area contributed by atoms with E-state index in [-0.39, 0.29) is 0 Å². The molecule has 3 aromatic rings. The van der Waals surface area contributed by atoms with Crippen LogP contribution in [0.1, 0.15) is 34.3 Å². The highest BCUT2D eigenvalue weighted by atomic mass is 32.1. The van der Waals surface area contributed by atoms with Gasteiger partial charge in [-0.25, -0.2) is 9.67 Å². The van der Waals surface area contributed by atoms with Crippen molar-refractivity contribution < 1.29 is 4.74 Å². The van der Waals surface area contributed by atoms with Crippen LogP contribution in [0.3, 0.4) is 0 Å². The largest absolute Gasteiger partial charge is 0.381 e. The Kier molecular flexibility index (Phi) is 3.23. The Hall–Kier alpha value is -1.79. The van der Waals surface area contributed by atoms with E-state index < -0.39 is 0 Å². The van der Waals surface area contributed by atoms with Gasteiger partial charge >= 0.3 is 0 Å². The molecule has 0 amide bonds. The summed E-state index contributed by atoms with van der Waals surface area (Å²) in [6.07, 6.45) is 2.96. The summed E-state index contributed by atoms with van der Waals surface area (Å²) in [5, 5.41) is 6.70. The van der Waals surface area contributed by atoms with Crippen molar-refractivity contribution in [1.29, 1.82) is 0 Å². The molecule has 0 spiro atoms. The van der Waals surface area contributed by atoms with E-state index >= 15 is 0 Å². The zero-order chi connectivity index (χ0) is 15.3. The summed E-state index contributed by atoms with van der Waals surface area (Å²) in [4.78, 5) is 10.5. The first-order valence-electron chi connectivity index (χ1n) is 7.51. The number of hydrogen-bond donors (Lipinski definition) is 0. The van der Waals surface area contributed by atoms with E-state index in [1.807, 2.05) is 24.7 Å². The van der Waals surface area contributed by atoms with Crippen molar-refractivity contribution in [2.45, 2.75) is 33.1 Å². The molecule has 22 heavy (non-hydrogen) atoms. The molecule has 5 nitrogen and oxygen atoms in total. The van der Waals surface area contributed by atoms with Gasteiger partial charge in [0, 0.05) is 34.7 Å². The Labute approximate surface area is 133 Å². The van der Waals surface area contributed by atoms with Crippen LogP contribution in [0.2, 0.25) is 0 Å². The molecule has 0 N–H and O–H groups in total. The standard InChI is InChI=1S/C16H18N4OS/c1-9-6-14-13(7-17-9)10(2)19-20(14)16-18-15(11(3)22-16)12-4-5-21-8-12/h6-7,12H,4-5,8H2,1-3H3. The fourth-order valence-electron chi connectivity index (χ4n) is 3.02. The first-order valence-corrected chi connectivity index (χ1v) is 8.32. The molecule has 1 fully saturated rings. The van der Waals surface area contributed by atoms with Crippen molar-refractivity contribution in [2.75, 3.05) is 13.2 Å². The summed E-state index contributed by atoms with van der Waals surface area (Å²) in [6, 6.07) is 2.07. The third kappa shape index (κ3) is 2.14. The molecule has 0 bridgehead atoms. The fraction of sp³-hybridized carbons (Fsp3) is 0.438. The van der Waals surface area contributed by atoms with Crippen LogP contribution in [-0.4, -0.2) is 33.0 Å². The minimum Gasteiger partial charge on any atom is -0.381 e. The number of nitrogens with zero attached hydrogens (tertiary/aromatic N) is 4. The lowest BCUT2D eigenvalue weighted by molar-refractivity contribution is 0.193. The number of pyridine rings is 1. The smallest absolute Gasteiger partial charge is 0.211 e. The molecule has 4 heterocycles. The van der Waals surface area contributed by atoms with Crippen molar-refractivity contribution in [3.63, 3.8) is 0 Å². The Morgan fingerprint density at radius 1 is 1.32 bits per heavy atom. The lowest BCUT2D eigenvalue weighted by atomic mass is 10.0. The van der Waals surface area contributed by atoms with Gasteiger partial charge in [0.25, 0.3) is 0 Å². The predicted octanol–water partition coefficient (Wildman–Crippen LogP) is 3.31. The summed E-state index contributed by atoms with van der Waals surface area (Å²) in [6.45, 7) is 7.78. The second-order valence-electron chi connectivity index (χ2n) is 5.84. The number of thiazole rings is 1. The van der Waals surface area contributed by atoms with Crippen molar-refractivity contribution in [3.8, 4) is 5.13 Å². The topological polar surface area (TPSA) is 52.8 Å². The minimum absolute atomic E-state index is 0.427. The van der Waals surface area contributed by atoms with E-state index in [9.17, 15) is 0 Å². The number of fused-ring (bicyclic) bond motifs is 1. The minimum atomic E-state index is 0.427. The van der Waals surface area contributed by atoms with Gasteiger partial charge in [-0.1, -0.05) is 11.3 Å². The van der Waals surface area contributed by atoms with Gasteiger partial charge in [0.05, 0.1) is 23.5 Å². The maximum Gasteiger partial charge on any atom is 0.211 e. The third-order valence-electron chi connectivity index (χ3n) is 4.21. The Morgan fingerprint density at radius 3 is 2.95 bits per heavy atom. The molecule has 1 aliphatic heterocycles. The number of aromatic nitrogens is 4. The molecule has 4 rings (SSSR count). The maximum atomic E-state index is 5.51. The Balaban J connectivity index is 1.85. The van der Waals surface area contributed by atoms with Crippen molar-refractivity contribution in [3.05, 3.63) is 34.2 Å². The van der Waals surface area contributed by atoms with Gasteiger partial charge in [0.15, 0.2) is 0 Å². The van der Waals surface area contributed by atoms with Crippen LogP contribution < -0.4 is 0 Å². The van der Waals surface area contributed by atoms with Gasteiger partial charge < -0.3 is 4.74 Å². The average Bonchev–Trinajstić information content (AvgIpc) is 3.18. The number of rotatable bonds is 2. The lowest BCUT2D eigenvalue weighted by Crippen LogP contribution is -2.01. The molecule has 1 atom stereocenters. The van der Waals surface area contributed by atoms with Crippen molar-refractivity contribution in [2.24, 2.45) is 0 Å². The highest BCUT2D eigenvalue weighted by Crippen LogP contribution is 2.33. The van der Waals surface area contributed by atoms with E-state index in [0.717, 1.165) is 47.1 Å². The lowest BCUT2D eigenvalue weighted by Gasteiger charge is -2.04. The van der Waals surface area contributed by atoms with Gasteiger partial charge in [-0.3, -0.25) is 4.98 Å². The second kappa shape index (κ2) is 5.14. The molecule has 3 aromatic heterocycles. The summed E-state index contributed by atoms with van der Waals surface area (Å²) < 4.78 is 7.46. The van der Waals surface area contributed by atoms with Gasteiger partial charge in [-0.2, -0.15) is 5.10 Å². The van der Waals surface area contributed by atoms with Crippen LogP contribution in [-0.2, 0) is 4.74 Å². The quantitative estimate of drug-likeness (QED) is 0.728. The SMILES string of the molecule is Cc1cc2c(cn1)c(C)nn2-c1nc(C2CCOC2)c(C)s1. The normalized spacial score (nSPS) is 18.4. The van der Waals surface area contributed by atoms with E-state index in [4.69, 9.17) is 9.72 Å². The third-order valence-corrected chi connectivity index (χ3v) is 5.17. The van der Waals surface area contributed by atoms with Crippen molar-refractivity contribution in [1.82, 2.24) is 19.7 Å². The van der Waals surface area contributed by atoms with E-state index in [2.05, 4.69) is 23.1 Å². The van der Waals surface area contributed by atoms with Crippen LogP contribution in [0.5, 0.6) is 0 Å². The molecule has 0 radical (unpaired) electrons. The molecule has 0 saturated carbocycles. The molecule has 1 unspecified atom stereocenters. The van der Waals surface area contributed by atoms with Gasteiger partial charge in [-0.15, -0.1) is 0 Å². The Bertz CT molecular complexity index is 845. The van der Waals surface area contributed by atoms with Crippen LogP contribution in [0, 0.1) is 20.8 Å². The molecule has 0 aromatic carbocycles. The molecule has 1 aliphatic rings. The van der Waals surface area contributed by atoms with Gasteiger partial charge in [-0.05, 0) is 33.3 Å². The summed E-state index contributed by atoms with van der Waals surface area (Å²) >= 11 is 1.70. The number of hydrogen-bond acceptors (Lipinski definition) is 5. The van der Waals surface area contributed by atoms with Crippen molar-refractivity contribution >= 4 is 22.2 Å². The van der Waals surface area contributed by atoms with Crippen LogP contribution in [0.4, 0.5) is 0 Å². The first-order chi connectivity index (χ1) is 10.6. The highest BCUT2D eigenvalue weighted by Gasteiger charge is 2.24. The number of aryl methyl sites for hydroxylation is 3.